The molecule has 3 rings (SSSR count). The van der Waals surface area contributed by atoms with E-state index in [0.29, 0.717) is 11.6 Å². The van der Waals surface area contributed by atoms with Gasteiger partial charge in [-0.1, -0.05) is 29.4 Å². The number of allylic oxidation sites excluding steroid dienone is 1. The summed E-state index contributed by atoms with van der Waals surface area (Å²) in [6, 6.07) is 8.09. The molecule has 0 N–H and O–H groups in total. The van der Waals surface area contributed by atoms with E-state index in [0.717, 1.165) is 29.4 Å². The predicted octanol–water partition coefficient (Wildman–Crippen LogP) is 5.05. The van der Waals surface area contributed by atoms with E-state index in [1.54, 1.807) is 0 Å². The summed E-state index contributed by atoms with van der Waals surface area (Å²) >= 11 is 7.46. The normalized spacial score (nSPS) is 20.8. The number of carbonyl (C=O) groups is 1. The van der Waals surface area contributed by atoms with E-state index in [9.17, 15) is 4.79 Å². The zero-order valence-corrected chi connectivity index (χ0v) is 18.2. The summed E-state index contributed by atoms with van der Waals surface area (Å²) in [5, 5.41) is 9.90. The Labute approximate surface area is 176 Å². The molecule has 1 saturated heterocycles. The number of carbonyl (C=O) groups excluding carboxylic acids is 1. The van der Waals surface area contributed by atoms with E-state index < -0.39 is 0 Å². The van der Waals surface area contributed by atoms with Crippen LogP contribution in [0.25, 0.3) is 11.4 Å². The number of piperidine rings is 1. The van der Waals surface area contributed by atoms with Crippen molar-refractivity contribution in [3.63, 3.8) is 0 Å². The Morgan fingerprint density at radius 1 is 1.29 bits per heavy atom. The Morgan fingerprint density at radius 2 is 1.93 bits per heavy atom. The number of thioether (sulfide) groups is 1. The van der Waals surface area contributed by atoms with E-state index >= 15 is 0 Å². The van der Waals surface area contributed by atoms with Crippen LogP contribution in [0.3, 0.4) is 0 Å². The van der Waals surface area contributed by atoms with Gasteiger partial charge in [0.25, 0.3) is 0 Å². The smallest absolute Gasteiger partial charge is 0.236 e. The molecule has 0 spiro atoms. The molecular formula is C21H27ClN4OS. The molecule has 1 aromatic heterocycles. The zero-order chi connectivity index (χ0) is 20.3. The lowest BCUT2D eigenvalue weighted by molar-refractivity contribution is -0.136. The molecule has 150 valence electrons. The van der Waals surface area contributed by atoms with Crippen LogP contribution in [0, 0.1) is 0 Å². The summed E-state index contributed by atoms with van der Waals surface area (Å²) in [5.41, 5.74) is 0.933. The Morgan fingerprint density at radius 3 is 2.54 bits per heavy atom. The molecule has 0 radical (unpaired) electrons. The van der Waals surface area contributed by atoms with Gasteiger partial charge in [-0.2, -0.15) is 0 Å². The number of halogens is 1. The SMILES string of the molecule is C=CCn1c(S[C@H](C)C(=O)N2[C@H](C)CCC[C@@H]2C)nnc1-c1ccc(Cl)cc1. The summed E-state index contributed by atoms with van der Waals surface area (Å²) in [4.78, 5) is 15.2. The fraction of sp³-hybridized carbons (Fsp3) is 0.476. The van der Waals surface area contributed by atoms with Crippen LogP contribution in [0.5, 0.6) is 0 Å². The average Bonchev–Trinajstić information content (AvgIpc) is 3.05. The predicted molar refractivity (Wildman–Crippen MR) is 116 cm³/mol. The quantitative estimate of drug-likeness (QED) is 0.486. The molecule has 1 aliphatic heterocycles. The second kappa shape index (κ2) is 9.14. The van der Waals surface area contributed by atoms with Gasteiger partial charge in [0.15, 0.2) is 11.0 Å². The van der Waals surface area contributed by atoms with Gasteiger partial charge in [-0.3, -0.25) is 9.36 Å². The fourth-order valence-corrected chi connectivity index (χ4v) is 4.80. The van der Waals surface area contributed by atoms with Crippen molar-refractivity contribution in [3.8, 4) is 11.4 Å². The lowest BCUT2D eigenvalue weighted by atomic mass is 9.97. The number of hydrogen-bond acceptors (Lipinski definition) is 4. The topological polar surface area (TPSA) is 51.0 Å². The van der Waals surface area contributed by atoms with E-state index in [4.69, 9.17) is 11.6 Å². The minimum Gasteiger partial charge on any atom is -0.336 e. The standard InChI is InChI=1S/C21H27ClN4OS/c1-5-13-25-19(17-9-11-18(22)12-10-17)23-24-21(25)28-16(4)20(27)26-14(2)7-6-8-15(26)3/h5,9-12,14-16H,1,6-8,13H2,2-4H3/t14-,15+,16-/m1/s1. The molecule has 1 amide bonds. The molecule has 3 atom stereocenters. The van der Waals surface area contributed by atoms with Crippen molar-refractivity contribution in [2.45, 2.75) is 69.1 Å². The summed E-state index contributed by atoms with van der Waals surface area (Å²) < 4.78 is 1.99. The van der Waals surface area contributed by atoms with Crippen molar-refractivity contribution in [1.82, 2.24) is 19.7 Å². The first-order valence-corrected chi connectivity index (χ1v) is 11.0. The molecule has 28 heavy (non-hydrogen) atoms. The van der Waals surface area contributed by atoms with Crippen LogP contribution in [0.15, 0.2) is 42.1 Å². The largest absolute Gasteiger partial charge is 0.336 e. The van der Waals surface area contributed by atoms with E-state index in [1.165, 1.54) is 18.2 Å². The highest BCUT2D eigenvalue weighted by atomic mass is 35.5. The lowest BCUT2D eigenvalue weighted by Crippen LogP contribution is -2.50. The Kier molecular flexibility index (Phi) is 6.83. The summed E-state index contributed by atoms with van der Waals surface area (Å²) in [6.07, 6.45) is 5.14. The highest BCUT2D eigenvalue weighted by molar-refractivity contribution is 8.00. The number of nitrogens with zero attached hydrogens (tertiary/aromatic N) is 4. The number of rotatable bonds is 6. The molecule has 0 saturated carbocycles. The van der Waals surface area contributed by atoms with Crippen molar-refractivity contribution in [2.24, 2.45) is 0 Å². The number of amides is 1. The van der Waals surface area contributed by atoms with Crippen molar-refractivity contribution >= 4 is 29.3 Å². The Bertz CT molecular complexity index is 825. The van der Waals surface area contributed by atoms with Gasteiger partial charge < -0.3 is 4.90 Å². The zero-order valence-electron chi connectivity index (χ0n) is 16.6. The molecule has 2 heterocycles. The molecule has 1 fully saturated rings. The summed E-state index contributed by atoms with van der Waals surface area (Å²) in [5.74, 6) is 0.921. The van der Waals surface area contributed by atoms with Crippen LogP contribution in [0.4, 0.5) is 0 Å². The van der Waals surface area contributed by atoms with Crippen molar-refractivity contribution in [3.05, 3.63) is 41.9 Å². The van der Waals surface area contributed by atoms with E-state index in [2.05, 4.69) is 35.5 Å². The number of likely N-dealkylation sites (tertiary alicyclic amines) is 1. The lowest BCUT2D eigenvalue weighted by Gasteiger charge is -2.40. The Hall–Kier alpha value is -1.79. The average molecular weight is 419 g/mol. The summed E-state index contributed by atoms with van der Waals surface area (Å²) in [7, 11) is 0. The van der Waals surface area contributed by atoms with Gasteiger partial charge in [-0.25, -0.2) is 0 Å². The molecule has 0 bridgehead atoms. The second-order valence-electron chi connectivity index (χ2n) is 7.35. The first-order chi connectivity index (χ1) is 13.4. The van der Waals surface area contributed by atoms with E-state index in [-0.39, 0.29) is 23.2 Å². The molecule has 0 unspecified atom stereocenters. The van der Waals surface area contributed by atoms with Gasteiger partial charge in [0.05, 0.1) is 5.25 Å². The minimum atomic E-state index is -0.228. The molecule has 7 heteroatoms. The van der Waals surface area contributed by atoms with Gasteiger partial charge in [0.1, 0.15) is 0 Å². The second-order valence-corrected chi connectivity index (χ2v) is 9.09. The maximum absolute atomic E-state index is 13.1. The molecule has 1 aliphatic rings. The first kappa shape index (κ1) is 20.9. The van der Waals surface area contributed by atoms with E-state index in [1.807, 2.05) is 41.8 Å². The van der Waals surface area contributed by atoms with Crippen LogP contribution in [0.2, 0.25) is 5.02 Å². The fourth-order valence-electron chi connectivity index (χ4n) is 3.76. The van der Waals surface area contributed by atoms with Crippen LogP contribution in [-0.2, 0) is 11.3 Å². The Balaban J connectivity index is 1.82. The maximum atomic E-state index is 13.1. The number of hydrogen-bond donors (Lipinski definition) is 0. The molecule has 0 aliphatic carbocycles. The minimum absolute atomic E-state index is 0.172. The van der Waals surface area contributed by atoms with Gasteiger partial charge in [-0.15, -0.1) is 16.8 Å². The molecule has 1 aromatic carbocycles. The van der Waals surface area contributed by atoms with Gasteiger partial charge in [0.2, 0.25) is 5.91 Å². The third-order valence-electron chi connectivity index (χ3n) is 5.21. The first-order valence-electron chi connectivity index (χ1n) is 9.71. The highest BCUT2D eigenvalue weighted by Crippen LogP contribution is 2.31. The summed E-state index contributed by atoms with van der Waals surface area (Å²) in [6.45, 7) is 10.7. The monoisotopic (exact) mass is 418 g/mol. The number of benzene rings is 1. The van der Waals surface area contributed by atoms with Crippen molar-refractivity contribution in [1.29, 1.82) is 0 Å². The molecular weight excluding hydrogens is 392 g/mol. The maximum Gasteiger partial charge on any atom is 0.236 e. The highest BCUT2D eigenvalue weighted by Gasteiger charge is 2.32. The third-order valence-corrected chi connectivity index (χ3v) is 6.53. The van der Waals surface area contributed by atoms with Crippen molar-refractivity contribution < 1.29 is 4.79 Å². The van der Waals surface area contributed by atoms with Crippen LogP contribution in [0.1, 0.15) is 40.0 Å². The number of aromatic nitrogens is 3. The molecule has 2 aromatic rings. The van der Waals surface area contributed by atoms with Crippen LogP contribution >= 0.6 is 23.4 Å². The van der Waals surface area contributed by atoms with Gasteiger partial charge >= 0.3 is 0 Å². The molecule has 5 nitrogen and oxygen atoms in total. The van der Waals surface area contributed by atoms with Gasteiger partial charge in [-0.05, 0) is 64.3 Å². The van der Waals surface area contributed by atoms with Crippen LogP contribution in [-0.4, -0.2) is 42.9 Å². The third kappa shape index (κ3) is 4.44. The van der Waals surface area contributed by atoms with Crippen LogP contribution < -0.4 is 0 Å². The van der Waals surface area contributed by atoms with Crippen molar-refractivity contribution in [2.75, 3.05) is 0 Å². The van der Waals surface area contributed by atoms with Gasteiger partial charge in [0, 0.05) is 29.2 Å².